The molecule has 2 amide bonds. The average molecular weight is 335 g/mol. The van der Waals surface area contributed by atoms with Gasteiger partial charge in [-0.15, -0.1) is 0 Å². The van der Waals surface area contributed by atoms with Gasteiger partial charge in [-0.3, -0.25) is 19.5 Å². The summed E-state index contributed by atoms with van der Waals surface area (Å²) in [6, 6.07) is 13.8. The Morgan fingerprint density at radius 3 is 2.32 bits per heavy atom. The summed E-state index contributed by atoms with van der Waals surface area (Å²) in [7, 11) is 0. The van der Waals surface area contributed by atoms with Gasteiger partial charge in [-0.1, -0.05) is 30.3 Å². The summed E-state index contributed by atoms with van der Waals surface area (Å²) in [5, 5.41) is 0. The summed E-state index contributed by atoms with van der Waals surface area (Å²) in [5.74, 6) is -0.129. The van der Waals surface area contributed by atoms with Gasteiger partial charge in [0.15, 0.2) is 0 Å². The van der Waals surface area contributed by atoms with Crippen LogP contribution in [0.4, 0.5) is 5.69 Å². The van der Waals surface area contributed by atoms with E-state index in [2.05, 4.69) is 22.0 Å². The molecule has 1 spiro atoms. The molecule has 5 nitrogen and oxygen atoms in total. The minimum Gasteiger partial charge on any atom is -0.299 e. The molecule has 2 saturated heterocycles. The van der Waals surface area contributed by atoms with Gasteiger partial charge >= 0.3 is 0 Å². The first-order chi connectivity index (χ1) is 12.2. The van der Waals surface area contributed by atoms with Crippen LogP contribution >= 0.6 is 0 Å². The van der Waals surface area contributed by atoms with Crippen molar-refractivity contribution in [1.29, 1.82) is 0 Å². The number of benzene rings is 1. The molecule has 25 heavy (non-hydrogen) atoms. The number of anilines is 1. The molecule has 2 aliphatic heterocycles. The molecule has 0 bridgehead atoms. The number of imide groups is 1. The van der Waals surface area contributed by atoms with Gasteiger partial charge in [0.1, 0.15) is 0 Å². The van der Waals surface area contributed by atoms with Crippen LogP contribution in [-0.4, -0.2) is 34.8 Å². The highest BCUT2D eigenvalue weighted by Crippen LogP contribution is 2.43. The lowest BCUT2D eigenvalue weighted by Crippen LogP contribution is -2.44. The number of pyridine rings is 1. The van der Waals surface area contributed by atoms with E-state index in [1.54, 1.807) is 24.5 Å². The number of amides is 2. The second-order valence-corrected chi connectivity index (χ2v) is 6.96. The fourth-order valence-electron chi connectivity index (χ4n) is 3.92. The lowest BCUT2D eigenvalue weighted by molar-refractivity contribution is -0.128. The Bertz CT molecular complexity index is 768. The molecular formula is C20H21N3O2. The molecule has 0 aliphatic carbocycles. The average Bonchev–Trinajstić information content (AvgIpc) is 2.89. The van der Waals surface area contributed by atoms with Crippen LogP contribution in [0, 0.1) is 5.41 Å². The van der Waals surface area contributed by atoms with Crippen molar-refractivity contribution in [2.45, 2.75) is 25.8 Å². The Hall–Kier alpha value is -2.53. The zero-order chi connectivity index (χ0) is 17.3. The second kappa shape index (κ2) is 6.41. The van der Waals surface area contributed by atoms with Crippen LogP contribution in [0.1, 0.15) is 24.8 Å². The van der Waals surface area contributed by atoms with Crippen LogP contribution in [0.3, 0.4) is 0 Å². The van der Waals surface area contributed by atoms with Crippen molar-refractivity contribution >= 4 is 17.5 Å². The van der Waals surface area contributed by atoms with Gasteiger partial charge in [0.25, 0.3) is 0 Å². The molecule has 5 heteroatoms. The summed E-state index contributed by atoms with van der Waals surface area (Å²) in [6.07, 6.45) is 5.04. The van der Waals surface area contributed by atoms with Gasteiger partial charge in [0.05, 0.1) is 11.1 Å². The van der Waals surface area contributed by atoms with E-state index in [1.165, 1.54) is 10.5 Å². The molecule has 2 fully saturated rings. The molecule has 1 aromatic heterocycles. The van der Waals surface area contributed by atoms with Crippen LogP contribution in [0.5, 0.6) is 0 Å². The van der Waals surface area contributed by atoms with E-state index < -0.39 is 5.41 Å². The highest BCUT2D eigenvalue weighted by molar-refractivity contribution is 6.22. The lowest BCUT2D eigenvalue weighted by atomic mass is 9.77. The molecule has 0 unspecified atom stereocenters. The van der Waals surface area contributed by atoms with Crippen molar-refractivity contribution in [3.8, 4) is 0 Å². The van der Waals surface area contributed by atoms with E-state index in [0.717, 1.165) is 32.5 Å². The van der Waals surface area contributed by atoms with Crippen LogP contribution in [0.15, 0.2) is 54.9 Å². The number of hydrogen-bond acceptors (Lipinski definition) is 4. The van der Waals surface area contributed by atoms with Crippen molar-refractivity contribution in [2.24, 2.45) is 5.41 Å². The van der Waals surface area contributed by atoms with E-state index in [1.807, 2.05) is 18.2 Å². The first-order valence-electron chi connectivity index (χ1n) is 8.72. The van der Waals surface area contributed by atoms with Gasteiger partial charge in [0, 0.05) is 25.4 Å². The topological polar surface area (TPSA) is 53.5 Å². The normalized spacial score (nSPS) is 20.4. The highest BCUT2D eigenvalue weighted by atomic mass is 16.2. The second-order valence-electron chi connectivity index (χ2n) is 6.96. The molecular weight excluding hydrogens is 314 g/mol. The SMILES string of the molecule is O=C1CC2(CCN(Cc3ccccc3)CC2)C(=O)N1c1ccncc1. The summed E-state index contributed by atoms with van der Waals surface area (Å²) in [4.78, 5) is 33.2. The van der Waals surface area contributed by atoms with Crippen LogP contribution in [0.2, 0.25) is 0 Å². The largest absolute Gasteiger partial charge is 0.299 e. The molecule has 2 aromatic rings. The fourth-order valence-corrected chi connectivity index (χ4v) is 3.92. The number of piperidine rings is 1. The molecule has 4 rings (SSSR count). The van der Waals surface area contributed by atoms with Crippen molar-refractivity contribution in [2.75, 3.05) is 18.0 Å². The third kappa shape index (κ3) is 2.96. The van der Waals surface area contributed by atoms with Crippen LogP contribution in [-0.2, 0) is 16.1 Å². The Labute approximate surface area is 147 Å². The quantitative estimate of drug-likeness (QED) is 0.809. The Balaban J connectivity index is 1.46. The van der Waals surface area contributed by atoms with Crippen molar-refractivity contribution in [3.63, 3.8) is 0 Å². The van der Waals surface area contributed by atoms with E-state index in [-0.39, 0.29) is 11.8 Å². The molecule has 1 aromatic carbocycles. The number of aromatic nitrogens is 1. The van der Waals surface area contributed by atoms with Crippen molar-refractivity contribution in [3.05, 3.63) is 60.4 Å². The molecule has 3 heterocycles. The predicted molar refractivity (Wildman–Crippen MR) is 94.7 cm³/mol. The van der Waals surface area contributed by atoms with Gasteiger partial charge in [-0.2, -0.15) is 0 Å². The zero-order valence-electron chi connectivity index (χ0n) is 14.1. The first kappa shape index (κ1) is 16.0. The maximum Gasteiger partial charge on any atom is 0.240 e. The summed E-state index contributed by atoms with van der Waals surface area (Å²) >= 11 is 0. The monoisotopic (exact) mass is 335 g/mol. The van der Waals surface area contributed by atoms with Gasteiger partial charge in [-0.05, 0) is 43.6 Å². The fraction of sp³-hybridized carbons (Fsp3) is 0.350. The van der Waals surface area contributed by atoms with E-state index >= 15 is 0 Å². The van der Waals surface area contributed by atoms with Crippen molar-refractivity contribution < 1.29 is 9.59 Å². The van der Waals surface area contributed by atoms with E-state index in [9.17, 15) is 9.59 Å². The maximum atomic E-state index is 13.0. The Morgan fingerprint density at radius 1 is 0.960 bits per heavy atom. The van der Waals surface area contributed by atoms with Crippen LogP contribution < -0.4 is 4.90 Å². The highest BCUT2D eigenvalue weighted by Gasteiger charge is 2.52. The Morgan fingerprint density at radius 2 is 1.64 bits per heavy atom. The number of likely N-dealkylation sites (tertiary alicyclic amines) is 1. The smallest absolute Gasteiger partial charge is 0.240 e. The number of carbonyl (C=O) groups is 2. The summed E-state index contributed by atoms with van der Waals surface area (Å²) in [5.41, 5.74) is 1.40. The van der Waals surface area contributed by atoms with Crippen LogP contribution in [0.25, 0.3) is 0 Å². The minimum atomic E-state index is -0.520. The third-order valence-electron chi connectivity index (χ3n) is 5.38. The predicted octanol–water partition coefficient (Wildman–Crippen LogP) is 2.63. The van der Waals surface area contributed by atoms with E-state index in [4.69, 9.17) is 0 Å². The molecule has 0 radical (unpaired) electrons. The lowest BCUT2D eigenvalue weighted by Gasteiger charge is -2.37. The molecule has 128 valence electrons. The first-order valence-corrected chi connectivity index (χ1v) is 8.72. The summed E-state index contributed by atoms with van der Waals surface area (Å²) in [6.45, 7) is 2.59. The number of rotatable bonds is 3. The van der Waals surface area contributed by atoms with Gasteiger partial charge in [-0.25, -0.2) is 4.90 Å². The van der Waals surface area contributed by atoms with E-state index in [0.29, 0.717) is 12.1 Å². The number of carbonyl (C=O) groups excluding carboxylic acids is 2. The molecule has 0 atom stereocenters. The standard InChI is InChI=1S/C20H21N3O2/c24-18-14-20(19(25)23(18)17-6-10-21-11-7-17)8-12-22(13-9-20)15-16-4-2-1-3-5-16/h1-7,10-11H,8-9,12-15H2. The van der Waals surface area contributed by atoms with Gasteiger partial charge < -0.3 is 0 Å². The molecule has 0 saturated carbocycles. The molecule has 2 aliphatic rings. The van der Waals surface area contributed by atoms with Gasteiger partial charge in [0.2, 0.25) is 11.8 Å². The number of hydrogen-bond donors (Lipinski definition) is 0. The van der Waals surface area contributed by atoms with Crippen molar-refractivity contribution in [1.82, 2.24) is 9.88 Å². The third-order valence-corrected chi connectivity index (χ3v) is 5.38. The summed E-state index contributed by atoms with van der Waals surface area (Å²) < 4.78 is 0. The minimum absolute atomic E-state index is 0.0388. The number of nitrogens with zero attached hydrogens (tertiary/aromatic N) is 3. The molecule has 0 N–H and O–H groups in total. The Kier molecular flexibility index (Phi) is 4.09. The maximum absolute atomic E-state index is 13.0. The zero-order valence-corrected chi connectivity index (χ0v) is 14.1.